The maximum Gasteiger partial charge on any atom is 0.241 e. The minimum atomic E-state index is 0.00139. The molecule has 1 aromatic rings. The van der Waals surface area contributed by atoms with Crippen LogP contribution in [0, 0.1) is 5.92 Å². The third kappa shape index (κ3) is 3.58. The number of benzene rings is 1. The van der Waals surface area contributed by atoms with Crippen LogP contribution in [0.1, 0.15) is 19.3 Å². The molecule has 0 bridgehead atoms. The smallest absolute Gasteiger partial charge is 0.241 e. The van der Waals surface area contributed by atoms with Crippen LogP contribution < -0.4 is 16.2 Å². The van der Waals surface area contributed by atoms with Gasteiger partial charge < -0.3 is 5.32 Å². The summed E-state index contributed by atoms with van der Waals surface area (Å²) >= 11 is 10.8. The van der Waals surface area contributed by atoms with E-state index < -0.39 is 0 Å². The van der Waals surface area contributed by atoms with E-state index in [4.69, 9.17) is 23.8 Å². The zero-order valence-electron chi connectivity index (χ0n) is 9.70. The van der Waals surface area contributed by atoms with Crippen molar-refractivity contribution in [2.24, 2.45) is 5.92 Å². The van der Waals surface area contributed by atoms with Crippen LogP contribution in [-0.2, 0) is 4.79 Å². The number of thiocarbonyl (C=S) groups is 1. The van der Waals surface area contributed by atoms with Gasteiger partial charge in [0.05, 0.1) is 0 Å². The molecule has 4 nitrogen and oxygen atoms in total. The van der Waals surface area contributed by atoms with Gasteiger partial charge in [0.2, 0.25) is 5.91 Å². The highest BCUT2D eigenvalue weighted by Crippen LogP contribution is 2.25. The number of rotatable bonds is 2. The van der Waals surface area contributed by atoms with Crippen LogP contribution in [0.3, 0.4) is 0 Å². The first-order chi connectivity index (χ1) is 8.65. The van der Waals surface area contributed by atoms with E-state index in [2.05, 4.69) is 16.2 Å². The van der Waals surface area contributed by atoms with Crippen LogP contribution in [0.25, 0.3) is 0 Å². The Morgan fingerprint density at radius 1 is 1.22 bits per heavy atom. The summed E-state index contributed by atoms with van der Waals surface area (Å²) in [6.45, 7) is 0. The molecular weight excluding hydrogens is 270 g/mol. The molecular formula is C12H14ClN3OS. The summed E-state index contributed by atoms with van der Waals surface area (Å²) in [5, 5.41) is 3.96. The minimum absolute atomic E-state index is 0.00139. The third-order valence-corrected chi connectivity index (χ3v) is 3.33. The van der Waals surface area contributed by atoms with Crippen molar-refractivity contribution in [1.29, 1.82) is 0 Å². The van der Waals surface area contributed by atoms with E-state index in [0.29, 0.717) is 10.1 Å². The van der Waals surface area contributed by atoms with Gasteiger partial charge in [0.25, 0.3) is 0 Å². The Labute approximate surface area is 116 Å². The molecule has 0 aromatic heterocycles. The topological polar surface area (TPSA) is 53.2 Å². The van der Waals surface area contributed by atoms with Crippen molar-refractivity contribution in [3.05, 3.63) is 29.3 Å². The van der Waals surface area contributed by atoms with Crippen LogP contribution in [0.4, 0.5) is 5.69 Å². The predicted molar refractivity (Wildman–Crippen MR) is 76.3 cm³/mol. The second-order valence-electron chi connectivity index (χ2n) is 4.20. The van der Waals surface area contributed by atoms with Crippen molar-refractivity contribution in [3.8, 4) is 0 Å². The number of hydrazine groups is 1. The molecule has 1 aliphatic carbocycles. The Morgan fingerprint density at radius 3 is 2.44 bits per heavy atom. The molecule has 2 rings (SSSR count). The highest BCUT2D eigenvalue weighted by atomic mass is 35.5. The minimum Gasteiger partial charge on any atom is -0.331 e. The van der Waals surface area contributed by atoms with Crippen molar-refractivity contribution in [1.82, 2.24) is 10.9 Å². The molecule has 1 saturated carbocycles. The molecule has 0 atom stereocenters. The summed E-state index contributed by atoms with van der Waals surface area (Å²) in [5.41, 5.74) is 6.09. The van der Waals surface area contributed by atoms with Crippen LogP contribution in [-0.4, -0.2) is 11.0 Å². The number of nitrogens with one attached hydrogen (secondary N) is 3. The van der Waals surface area contributed by atoms with Gasteiger partial charge in [-0.15, -0.1) is 0 Å². The predicted octanol–water partition coefficient (Wildman–Crippen LogP) is 2.46. The van der Waals surface area contributed by atoms with Gasteiger partial charge in [-0.05, 0) is 49.3 Å². The highest BCUT2D eigenvalue weighted by molar-refractivity contribution is 7.80. The zero-order chi connectivity index (χ0) is 13.0. The third-order valence-electron chi connectivity index (χ3n) is 2.88. The van der Waals surface area contributed by atoms with Gasteiger partial charge in [-0.3, -0.25) is 15.6 Å². The fraction of sp³-hybridized carbons (Fsp3) is 0.333. The van der Waals surface area contributed by atoms with Crippen molar-refractivity contribution in [2.45, 2.75) is 19.3 Å². The summed E-state index contributed by atoms with van der Waals surface area (Å²) in [6, 6.07) is 7.15. The number of carbonyl (C=O) groups is 1. The van der Waals surface area contributed by atoms with Crippen molar-refractivity contribution in [2.75, 3.05) is 5.32 Å². The molecule has 18 heavy (non-hydrogen) atoms. The van der Waals surface area contributed by atoms with Crippen LogP contribution in [0.5, 0.6) is 0 Å². The van der Waals surface area contributed by atoms with Gasteiger partial charge >= 0.3 is 0 Å². The average molecular weight is 284 g/mol. The average Bonchev–Trinajstić information content (AvgIpc) is 2.27. The fourth-order valence-corrected chi connectivity index (χ4v) is 1.88. The molecule has 96 valence electrons. The van der Waals surface area contributed by atoms with E-state index in [1.807, 2.05) is 12.1 Å². The summed E-state index contributed by atoms with van der Waals surface area (Å²) in [5.74, 6) is 0.136. The normalized spacial score (nSPS) is 14.5. The molecule has 1 fully saturated rings. The summed E-state index contributed by atoms with van der Waals surface area (Å²) < 4.78 is 0. The lowest BCUT2D eigenvalue weighted by Crippen LogP contribution is -2.47. The number of anilines is 1. The SMILES string of the molecule is O=C(NNC(=S)Nc1ccc(Cl)cc1)C1CCC1. The van der Waals surface area contributed by atoms with Crippen LogP contribution >= 0.6 is 23.8 Å². The molecule has 0 unspecified atom stereocenters. The molecule has 0 saturated heterocycles. The molecule has 1 aliphatic rings. The molecule has 0 heterocycles. The van der Waals surface area contributed by atoms with Crippen molar-refractivity contribution in [3.63, 3.8) is 0 Å². The Morgan fingerprint density at radius 2 is 1.89 bits per heavy atom. The number of hydrogen-bond donors (Lipinski definition) is 3. The highest BCUT2D eigenvalue weighted by Gasteiger charge is 2.24. The lowest BCUT2D eigenvalue weighted by atomic mass is 9.85. The zero-order valence-corrected chi connectivity index (χ0v) is 11.3. The molecule has 3 N–H and O–H groups in total. The second-order valence-corrected chi connectivity index (χ2v) is 5.05. The lowest BCUT2D eigenvalue weighted by molar-refractivity contribution is -0.127. The molecule has 1 amide bonds. The summed E-state index contributed by atoms with van der Waals surface area (Å²) in [4.78, 5) is 11.5. The standard InChI is InChI=1S/C12H14ClN3OS/c13-9-4-6-10(7-5-9)14-12(18)16-15-11(17)8-2-1-3-8/h4-8H,1-3H2,(H,15,17)(H2,14,16,18). The Kier molecular flexibility index (Phi) is 4.38. The fourth-order valence-electron chi connectivity index (χ4n) is 1.59. The van der Waals surface area contributed by atoms with Gasteiger partial charge in [0.1, 0.15) is 0 Å². The van der Waals surface area contributed by atoms with E-state index in [1.165, 1.54) is 0 Å². The first kappa shape index (κ1) is 13.1. The molecule has 0 spiro atoms. The number of hydrogen-bond acceptors (Lipinski definition) is 2. The Bertz CT molecular complexity index is 445. The maximum absolute atomic E-state index is 11.5. The molecule has 1 aromatic carbocycles. The first-order valence-electron chi connectivity index (χ1n) is 5.77. The van der Waals surface area contributed by atoms with Crippen molar-refractivity contribution >= 4 is 40.5 Å². The van der Waals surface area contributed by atoms with Gasteiger partial charge in [-0.2, -0.15) is 0 Å². The quantitative estimate of drug-likeness (QED) is 0.576. The van der Waals surface area contributed by atoms with Crippen LogP contribution in [0.15, 0.2) is 24.3 Å². The Hall–Kier alpha value is -1.33. The number of carbonyl (C=O) groups excluding carboxylic acids is 1. The summed E-state index contributed by atoms with van der Waals surface area (Å²) in [7, 11) is 0. The van der Waals surface area contributed by atoms with Gasteiger partial charge in [-0.1, -0.05) is 18.0 Å². The molecule has 0 aliphatic heterocycles. The van der Waals surface area contributed by atoms with E-state index in [-0.39, 0.29) is 11.8 Å². The van der Waals surface area contributed by atoms with Gasteiger partial charge in [-0.25, -0.2) is 0 Å². The van der Waals surface area contributed by atoms with Gasteiger partial charge in [0, 0.05) is 16.6 Å². The maximum atomic E-state index is 11.5. The molecule has 6 heteroatoms. The van der Waals surface area contributed by atoms with Crippen LogP contribution in [0.2, 0.25) is 5.02 Å². The number of amides is 1. The van der Waals surface area contributed by atoms with Gasteiger partial charge in [0.15, 0.2) is 5.11 Å². The van der Waals surface area contributed by atoms with E-state index >= 15 is 0 Å². The van der Waals surface area contributed by atoms with E-state index in [1.54, 1.807) is 12.1 Å². The Balaban J connectivity index is 1.74. The monoisotopic (exact) mass is 283 g/mol. The van der Waals surface area contributed by atoms with Crippen molar-refractivity contribution < 1.29 is 4.79 Å². The summed E-state index contributed by atoms with van der Waals surface area (Å²) in [6.07, 6.45) is 3.06. The van der Waals surface area contributed by atoms with E-state index in [0.717, 1.165) is 24.9 Å². The second kappa shape index (κ2) is 6.02. The lowest BCUT2D eigenvalue weighted by Gasteiger charge is -2.24. The van der Waals surface area contributed by atoms with E-state index in [9.17, 15) is 4.79 Å². The number of halogens is 1. The largest absolute Gasteiger partial charge is 0.331 e. The first-order valence-corrected chi connectivity index (χ1v) is 6.56. The molecule has 0 radical (unpaired) electrons.